The summed E-state index contributed by atoms with van der Waals surface area (Å²) in [5.41, 5.74) is 1.59. The second-order valence-corrected chi connectivity index (χ2v) is 7.09. The average Bonchev–Trinajstić information content (AvgIpc) is 3.39. The highest BCUT2D eigenvalue weighted by Crippen LogP contribution is 2.40. The lowest BCUT2D eigenvalue weighted by Crippen LogP contribution is -2.29. The lowest BCUT2D eigenvalue weighted by Gasteiger charge is -2.19. The van der Waals surface area contributed by atoms with Crippen molar-refractivity contribution in [2.45, 2.75) is 6.04 Å². The van der Waals surface area contributed by atoms with Crippen LogP contribution in [-0.2, 0) is 11.8 Å². The number of rotatable bonds is 6. The predicted octanol–water partition coefficient (Wildman–Crippen LogP) is 3.73. The number of methoxy groups -OCH3 is 1. The fourth-order valence-corrected chi connectivity index (χ4v) is 3.49. The zero-order chi connectivity index (χ0) is 21.1. The molecule has 7 nitrogen and oxygen atoms in total. The van der Waals surface area contributed by atoms with E-state index in [1.165, 1.54) is 6.08 Å². The number of hydrogen-bond donors (Lipinski definition) is 1. The van der Waals surface area contributed by atoms with Gasteiger partial charge in [-0.15, -0.1) is 0 Å². The fraction of sp³-hybridized carbons (Fsp3) is 0.182. The van der Waals surface area contributed by atoms with Crippen LogP contribution in [0.2, 0.25) is 5.02 Å². The molecular weight excluding hydrogens is 406 g/mol. The molecule has 154 valence electrons. The van der Waals surface area contributed by atoms with E-state index < -0.39 is 6.04 Å². The van der Waals surface area contributed by atoms with Gasteiger partial charge < -0.3 is 24.1 Å². The van der Waals surface area contributed by atoms with Crippen LogP contribution in [0.5, 0.6) is 17.2 Å². The van der Waals surface area contributed by atoms with Crippen molar-refractivity contribution in [3.05, 3.63) is 76.8 Å². The Labute approximate surface area is 178 Å². The number of carbonyl (C=O) groups excluding carboxylic acids is 1. The molecule has 0 saturated carbocycles. The minimum absolute atomic E-state index is 0.134. The first-order valence-electron chi connectivity index (χ1n) is 9.24. The summed E-state index contributed by atoms with van der Waals surface area (Å²) >= 11 is 6.21. The largest absolute Gasteiger partial charge is 0.497 e. The molecular formula is C22H20ClN3O4. The molecule has 0 fully saturated rings. The van der Waals surface area contributed by atoms with E-state index in [2.05, 4.69) is 10.3 Å². The lowest BCUT2D eigenvalue weighted by molar-refractivity contribution is -0.117. The Balaban J connectivity index is 1.57. The number of nitrogens with zero attached hydrogens (tertiary/aromatic N) is 2. The first-order chi connectivity index (χ1) is 14.5. The molecule has 4 rings (SSSR count). The fourth-order valence-electron chi connectivity index (χ4n) is 3.22. The summed E-state index contributed by atoms with van der Waals surface area (Å²) in [5, 5.41) is 3.45. The van der Waals surface area contributed by atoms with Crippen LogP contribution in [0.1, 0.15) is 23.0 Å². The number of hydrogen-bond acceptors (Lipinski definition) is 5. The summed E-state index contributed by atoms with van der Waals surface area (Å²) in [6.45, 7) is 0.134. The molecule has 1 aromatic heterocycles. The van der Waals surface area contributed by atoms with Gasteiger partial charge in [0.15, 0.2) is 11.5 Å². The van der Waals surface area contributed by atoms with Crippen LogP contribution >= 0.6 is 11.6 Å². The monoisotopic (exact) mass is 425 g/mol. The summed E-state index contributed by atoms with van der Waals surface area (Å²) < 4.78 is 17.9. The molecule has 1 aliphatic rings. The second-order valence-electron chi connectivity index (χ2n) is 6.68. The van der Waals surface area contributed by atoms with Crippen LogP contribution in [-0.4, -0.2) is 29.4 Å². The Hall–Kier alpha value is -3.45. The molecule has 3 aromatic rings. The number of carbonyl (C=O) groups is 1. The molecule has 0 saturated heterocycles. The van der Waals surface area contributed by atoms with Crippen LogP contribution in [0.3, 0.4) is 0 Å². The third-order valence-corrected chi connectivity index (χ3v) is 4.99. The second kappa shape index (κ2) is 8.51. The summed E-state index contributed by atoms with van der Waals surface area (Å²) in [6.07, 6.45) is 6.65. The maximum atomic E-state index is 12.7. The van der Waals surface area contributed by atoms with E-state index in [0.717, 1.165) is 11.1 Å². The predicted molar refractivity (Wildman–Crippen MR) is 113 cm³/mol. The van der Waals surface area contributed by atoms with Crippen LogP contribution < -0.4 is 19.5 Å². The molecule has 1 N–H and O–H groups in total. The van der Waals surface area contributed by atoms with E-state index in [1.54, 1.807) is 31.5 Å². The quantitative estimate of drug-likeness (QED) is 0.609. The molecule has 1 amide bonds. The number of halogens is 1. The number of aryl methyl sites for hydroxylation is 1. The minimum Gasteiger partial charge on any atom is -0.497 e. The smallest absolute Gasteiger partial charge is 0.244 e. The van der Waals surface area contributed by atoms with Gasteiger partial charge in [-0.05, 0) is 41.5 Å². The number of amides is 1. The molecule has 2 heterocycles. The summed E-state index contributed by atoms with van der Waals surface area (Å²) in [5.74, 6) is 2.21. The SMILES string of the molecule is COc1cccc(C(NC(=O)/C=C/c2cc(Cl)c3c(c2)OCO3)c2nccn2C)c1. The highest BCUT2D eigenvalue weighted by molar-refractivity contribution is 6.32. The minimum atomic E-state index is -0.447. The molecule has 1 unspecified atom stereocenters. The zero-order valence-corrected chi connectivity index (χ0v) is 17.2. The van der Waals surface area contributed by atoms with Gasteiger partial charge in [-0.2, -0.15) is 0 Å². The van der Waals surface area contributed by atoms with Crippen molar-refractivity contribution in [1.82, 2.24) is 14.9 Å². The van der Waals surface area contributed by atoms with Crippen LogP contribution in [0.4, 0.5) is 0 Å². The Bertz CT molecular complexity index is 1110. The van der Waals surface area contributed by atoms with Crippen molar-refractivity contribution < 1.29 is 19.0 Å². The number of benzene rings is 2. The average molecular weight is 426 g/mol. The van der Waals surface area contributed by atoms with Gasteiger partial charge in [0.05, 0.1) is 12.1 Å². The van der Waals surface area contributed by atoms with E-state index >= 15 is 0 Å². The molecule has 2 aromatic carbocycles. The van der Waals surface area contributed by atoms with E-state index in [1.807, 2.05) is 42.1 Å². The van der Waals surface area contributed by atoms with E-state index in [4.69, 9.17) is 25.8 Å². The highest BCUT2D eigenvalue weighted by atomic mass is 35.5. The normalized spacial score (nSPS) is 13.4. The molecule has 1 atom stereocenters. The Morgan fingerprint density at radius 2 is 2.20 bits per heavy atom. The summed E-state index contributed by atoms with van der Waals surface area (Å²) in [6, 6.07) is 10.6. The topological polar surface area (TPSA) is 74.6 Å². The number of imidazole rings is 1. The van der Waals surface area contributed by atoms with Gasteiger partial charge in [0.25, 0.3) is 0 Å². The zero-order valence-electron chi connectivity index (χ0n) is 16.5. The van der Waals surface area contributed by atoms with Crippen molar-refractivity contribution in [2.75, 3.05) is 13.9 Å². The Morgan fingerprint density at radius 3 is 2.97 bits per heavy atom. The number of nitrogens with one attached hydrogen (secondary N) is 1. The Kier molecular flexibility index (Phi) is 5.63. The van der Waals surface area contributed by atoms with Crippen molar-refractivity contribution in [3.8, 4) is 17.2 Å². The van der Waals surface area contributed by atoms with Crippen molar-refractivity contribution in [2.24, 2.45) is 7.05 Å². The van der Waals surface area contributed by atoms with Gasteiger partial charge in [0.2, 0.25) is 12.7 Å². The van der Waals surface area contributed by atoms with E-state index in [0.29, 0.717) is 28.1 Å². The first-order valence-corrected chi connectivity index (χ1v) is 9.62. The van der Waals surface area contributed by atoms with Gasteiger partial charge >= 0.3 is 0 Å². The number of aromatic nitrogens is 2. The highest BCUT2D eigenvalue weighted by Gasteiger charge is 2.21. The third kappa shape index (κ3) is 4.11. The van der Waals surface area contributed by atoms with Gasteiger partial charge in [-0.3, -0.25) is 4.79 Å². The maximum absolute atomic E-state index is 12.7. The molecule has 1 aliphatic heterocycles. The lowest BCUT2D eigenvalue weighted by atomic mass is 10.1. The van der Waals surface area contributed by atoms with E-state index in [-0.39, 0.29) is 12.7 Å². The molecule has 30 heavy (non-hydrogen) atoms. The maximum Gasteiger partial charge on any atom is 0.244 e. The van der Waals surface area contributed by atoms with Crippen LogP contribution in [0, 0.1) is 0 Å². The standard InChI is InChI=1S/C22H20ClN3O4/c1-26-9-8-24-22(26)20(15-4-3-5-16(12-15)28-2)25-19(27)7-6-14-10-17(23)21-18(11-14)29-13-30-21/h3-12,20H,13H2,1-2H3,(H,25,27)/b7-6+. The summed E-state index contributed by atoms with van der Waals surface area (Å²) in [4.78, 5) is 17.1. The van der Waals surface area contributed by atoms with Crippen molar-refractivity contribution in [1.29, 1.82) is 0 Å². The van der Waals surface area contributed by atoms with Gasteiger partial charge in [-0.1, -0.05) is 23.7 Å². The van der Waals surface area contributed by atoms with Crippen LogP contribution in [0.15, 0.2) is 54.9 Å². The van der Waals surface area contributed by atoms with Crippen LogP contribution in [0.25, 0.3) is 6.08 Å². The molecule has 0 radical (unpaired) electrons. The number of ether oxygens (including phenoxy) is 3. The van der Waals surface area contributed by atoms with Gasteiger partial charge in [-0.25, -0.2) is 4.98 Å². The summed E-state index contributed by atoms with van der Waals surface area (Å²) in [7, 11) is 3.48. The van der Waals surface area contributed by atoms with Gasteiger partial charge in [0.1, 0.15) is 17.6 Å². The Morgan fingerprint density at radius 1 is 1.33 bits per heavy atom. The van der Waals surface area contributed by atoms with E-state index in [9.17, 15) is 4.79 Å². The number of fused-ring (bicyclic) bond motifs is 1. The molecule has 0 bridgehead atoms. The molecule has 0 spiro atoms. The van der Waals surface area contributed by atoms with Gasteiger partial charge in [0, 0.05) is 25.5 Å². The van der Waals surface area contributed by atoms with Crippen molar-refractivity contribution in [3.63, 3.8) is 0 Å². The molecule has 0 aliphatic carbocycles. The first kappa shape index (κ1) is 19.8. The van der Waals surface area contributed by atoms with Crippen molar-refractivity contribution >= 4 is 23.6 Å². The molecule has 8 heteroatoms. The third-order valence-electron chi connectivity index (χ3n) is 4.71.